The summed E-state index contributed by atoms with van der Waals surface area (Å²) in [5.41, 5.74) is 0.832. The molecule has 0 aliphatic carbocycles. The van der Waals surface area contributed by atoms with Crippen LogP contribution >= 0.6 is 22.9 Å². The highest BCUT2D eigenvalue weighted by molar-refractivity contribution is 7.93. The second-order valence-corrected chi connectivity index (χ2v) is 5.78. The molecule has 0 radical (unpaired) electrons. The van der Waals surface area contributed by atoms with Gasteiger partial charge in [-0.15, -0.1) is 10.2 Å². The number of hydrogen-bond donors (Lipinski definition) is 2. The van der Waals surface area contributed by atoms with Crippen LogP contribution in [0.2, 0.25) is 5.02 Å². The minimum absolute atomic E-state index is 0.132. The van der Waals surface area contributed by atoms with Crippen LogP contribution < -0.4 is 10.3 Å². The van der Waals surface area contributed by atoms with Gasteiger partial charge in [-0.25, -0.2) is 8.42 Å². The van der Waals surface area contributed by atoms with Crippen LogP contribution in [-0.4, -0.2) is 23.6 Å². The maximum Gasteiger partial charge on any atom is 0.266 e. The van der Waals surface area contributed by atoms with Gasteiger partial charge in [-0.2, -0.15) is 0 Å². The number of nitrogens with zero attached hydrogens (tertiary/aromatic N) is 2. The van der Waals surface area contributed by atoms with Crippen molar-refractivity contribution in [3.63, 3.8) is 0 Å². The molecule has 0 bridgehead atoms. The zero-order valence-corrected chi connectivity index (χ0v) is 10.4. The van der Waals surface area contributed by atoms with Crippen molar-refractivity contribution in [1.82, 2.24) is 15.2 Å². The number of aromatic amines is 1. The van der Waals surface area contributed by atoms with Crippen molar-refractivity contribution in [3.8, 4) is 0 Å². The van der Waals surface area contributed by atoms with E-state index < -0.39 is 15.6 Å². The molecule has 10 heteroatoms. The fourth-order valence-electron chi connectivity index (χ4n) is 0.984. The predicted octanol–water partition coefficient (Wildman–Crippen LogP) is 0.681. The zero-order valence-electron chi connectivity index (χ0n) is 8.05. The molecule has 0 aromatic carbocycles. The SMILES string of the molecule is O=c1[nH]cc(S(=O)(=O)Nc2nncs2)cc1Cl. The summed E-state index contributed by atoms with van der Waals surface area (Å²) in [6, 6.07) is 1.06. The Hall–Kier alpha value is -1.45. The molecule has 90 valence electrons. The standard InChI is InChI=1S/C7H5ClN4O3S2/c8-5-1-4(2-9-6(5)13)17(14,15)12-7-11-10-3-16-7/h1-3H,(H,9,13)(H,11,12). The van der Waals surface area contributed by atoms with E-state index in [1.165, 1.54) is 5.51 Å². The summed E-state index contributed by atoms with van der Waals surface area (Å²) in [6.07, 6.45) is 1.05. The van der Waals surface area contributed by atoms with Crippen LogP contribution in [0, 0.1) is 0 Å². The van der Waals surface area contributed by atoms with Gasteiger partial charge >= 0.3 is 0 Å². The normalized spacial score (nSPS) is 11.4. The molecule has 2 rings (SSSR count). The average Bonchev–Trinajstić information content (AvgIpc) is 2.73. The number of halogens is 1. The number of nitrogens with one attached hydrogen (secondary N) is 2. The molecule has 2 heterocycles. The summed E-state index contributed by atoms with van der Waals surface area (Å²) in [7, 11) is -3.82. The van der Waals surface area contributed by atoms with Gasteiger partial charge < -0.3 is 4.98 Å². The molecule has 2 aromatic heterocycles. The number of H-pyrrole nitrogens is 1. The molecule has 0 fully saturated rings. The van der Waals surface area contributed by atoms with Crippen LogP contribution in [-0.2, 0) is 10.0 Å². The molecule has 0 aliphatic heterocycles. The highest BCUT2D eigenvalue weighted by Gasteiger charge is 2.17. The lowest BCUT2D eigenvalue weighted by Crippen LogP contribution is -2.15. The third-order valence-corrected chi connectivity index (χ3v) is 4.06. The molecule has 17 heavy (non-hydrogen) atoms. The van der Waals surface area contributed by atoms with Gasteiger partial charge in [0.25, 0.3) is 15.6 Å². The van der Waals surface area contributed by atoms with E-state index in [-0.39, 0.29) is 15.0 Å². The number of sulfonamides is 1. The highest BCUT2D eigenvalue weighted by Crippen LogP contribution is 2.17. The first-order chi connectivity index (χ1) is 7.99. The highest BCUT2D eigenvalue weighted by atomic mass is 35.5. The Morgan fingerprint density at radius 2 is 2.24 bits per heavy atom. The summed E-state index contributed by atoms with van der Waals surface area (Å²) in [5.74, 6) is 0. The van der Waals surface area contributed by atoms with Crippen molar-refractivity contribution in [3.05, 3.63) is 33.2 Å². The minimum atomic E-state index is -3.82. The van der Waals surface area contributed by atoms with Crippen LogP contribution in [0.4, 0.5) is 5.13 Å². The van der Waals surface area contributed by atoms with E-state index in [0.717, 1.165) is 23.6 Å². The molecule has 2 aromatic rings. The third kappa shape index (κ3) is 2.62. The summed E-state index contributed by atoms with van der Waals surface area (Å²) >= 11 is 6.57. The molecular weight excluding hydrogens is 288 g/mol. The van der Waals surface area contributed by atoms with Crippen LogP contribution in [0.3, 0.4) is 0 Å². The molecule has 7 nitrogen and oxygen atoms in total. The van der Waals surface area contributed by atoms with Crippen molar-refractivity contribution in [2.45, 2.75) is 4.90 Å². The third-order valence-electron chi connectivity index (χ3n) is 1.72. The summed E-state index contributed by atoms with van der Waals surface area (Å²) < 4.78 is 25.8. The quantitative estimate of drug-likeness (QED) is 0.865. The minimum Gasteiger partial charge on any atom is -0.326 e. The molecule has 0 aliphatic rings. The van der Waals surface area contributed by atoms with E-state index in [2.05, 4.69) is 19.9 Å². The molecule has 0 amide bonds. The lowest BCUT2D eigenvalue weighted by molar-refractivity contribution is 0.600. The molecule has 0 saturated heterocycles. The van der Waals surface area contributed by atoms with E-state index >= 15 is 0 Å². The second kappa shape index (κ2) is 4.43. The number of rotatable bonds is 3. The number of hydrogen-bond acceptors (Lipinski definition) is 6. The first kappa shape index (κ1) is 12.0. The summed E-state index contributed by atoms with van der Waals surface area (Å²) in [4.78, 5) is 13.1. The van der Waals surface area contributed by atoms with Crippen LogP contribution in [0.5, 0.6) is 0 Å². The second-order valence-electron chi connectivity index (χ2n) is 2.86. The van der Waals surface area contributed by atoms with Gasteiger partial charge in [0.2, 0.25) is 5.13 Å². The molecule has 0 spiro atoms. The van der Waals surface area contributed by atoms with Crippen molar-refractivity contribution in [2.24, 2.45) is 0 Å². The fraction of sp³-hybridized carbons (Fsp3) is 0. The maximum absolute atomic E-state index is 11.8. The van der Waals surface area contributed by atoms with Gasteiger partial charge in [0.05, 0.1) is 0 Å². The van der Waals surface area contributed by atoms with Gasteiger partial charge in [0, 0.05) is 6.20 Å². The molecule has 2 N–H and O–H groups in total. The topological polar surface area (TPSA) is 105 Å². The van der Waals surface area contributed by atoms with E-state index in [4.69, 9.17) is 11.6 Å². The van der Waals surface area contributed by atoms with Crippen LogP contribution in [0.1, 0.15) is 0 Å². The Morgan fingerprint density at radius 3 is 2.82 bits per heavy atom. The van der Waals surface area contributed by atoms with E-state index in [0.29, 0.717) is 0 Å². The van der Waals surface area contributed by atoms with Crippen molar-refractivity contribution < 1.29 is 8.42 Å². The molecule has 0 saturated carbocycles. The molecule has 0 atom stereocenters. The number of anilines is 1. The first-order valence-electron chi connectivity index (χ1n) is 4.16. The summed E-state index contributed by atoms with van der Waals surface area (Å²) in [6.45, 7) is 0. The Bertz CT molecular complexity index is 679. The average molecular weight is 293 g/mol. The monoisotopic (exact) mass is 292 g/mol. The van der Waals surface area contributed by atoms with Crippen LogP contribution in [0.15, 0.2) is 27.5 Å². The van der Waals surface area contributed by atoms with Crippen LogP contribution in [0.25, 0.3) is 0 Å². The van der Waals surface area contributed by atoms with Gasteiger partial charge in [0.1, 0.15) is 15.4 Å². The van der Waals surface area contributed by atoms with Crippen molar-refractivity contribution in [2.75, 3.05) is 4.72 Å². The van der Waals surface area contributed by atoms with E-state index in [1.54, 1.807) is 0 Å². The lowest BCUT2D eigenvalue weighted by atomic mass is 10.5. The summed E-state index contributed by atoms with van der Waals surface area (Å²) in [5, 5.41) is 6.96. The van der Waals surface area contributed by atoms with E-state index in [9.17, 15) is 13.2 Å². The first-order valence-corrected chi connectivity index (χ1v) is 6.90. The number of aromatic nitrogens is 3. The molecular formula is C7H5ClN4O3S2. The Labute approximate surface area is 105 Å². The predicted molar refractivity (Wildman–Crippen MR) is 62.8 cm³/mol. The zero-order chi connectivity index (χ0) is 12.5. The smallest absolute Gasteiger partial charge is 0.266 e. The Balaban J connectivity index is 2.38. The largest absolute Gasteiger partial charge is 0.326 e. The number of pyridine rings is 1. The maximum atomic E-state index is 11.8. The Kier molecular flexibility index (Phi) is 3.13. The Morgan fingerprint density at radius 1 is 1.47 bits per heavy atom. The van der Waals surface area contributed by atoms with Gasteiger partial charge in [0.15, 0.2) is 0 Å². The van der Waals surface area contributed by atoms with Gasteiger partial charge in [-0.05, 0) is 6.07 Å². The van der Waals surface area contributed by atoms with Crippen molar-refractivity contribution >= 4 is 38.1 Å². The van der Waals surface area contributed by atoms with Crippen molar-refractivity contribution in [1.29, 1.82) is 0 Å². The van der Waals surface area contributed by atoms with Gasteiger partial charge in [-0.1, -0.05) is 22.9 Å². The van der Waals surface area contributed by atoms with Gasteiger partial charge in [-0.3, -0.25) is 9.52 Å². The van der Waals surface area contributed by atoms with E-state index in [1.807, 2.05) is 0 Å². The lowest BCUT2D eigenvalue weighted by Gasteiger charge is -2.04. The molecule has 0 unspecified atom stereocenters. The fourth-order valence-corrected chi connectivity index (χ4v) is 2.91.